The Kier molecular flexibility index (Phi) is 5.62. The van der Waals surface area contributed by atoms with Crippen LogP contribution < -0.4 is 0 Å². The molecule has 2 atom stereocenters. The highest BCUT2D eigenvalue weighted by Gasteiger charge is 2.38. The van der Waals surface area contributed by atoms with Crippen molar-refractivity contribution in [2.75, 3.05) is 40.3 Å². The molecule has 2 rings (SSSR count). The molecule has 2 heterocycles. The predicted octanol–water partition coefficient (Wildman–Crippen LogP) is 1.19. The largest absolute Gasteiger partial charge is 0.341 e. The van der Waals surface area contributed by atoms with E-state index in [-0.39, 0.29) is 17.7 Å². The summed E-state index contributed by atoms with van der Waals surface area (Å²) in [6, 6.07) is 0.386. The molecule has 0 aliphatic carbocycles. The SMILES string of the molecule is CCC1CCCCN1C(=O)C1CC(=O)N(CCN(C)C)C1. The molecule has 0 aromatic heterocycles. The number of hydrogen-bond donors (Lipinski definition) is 0. The van der Waals surface area contributed by atoms with Gasteiger partial charge in [-0.15, -0.1) is 0 Å². The molecule has 0 aromatic carbocycles. The standard InChI is InChI=1S/C16H29N3O2/c1-4-14-7-5-6-8-19(14)16(21)13-11-15(20)18(12-13)10-9-17(2)3/h13-14H,4-12H2,1-3H3. The smallest absolute Gasteiger partial charge is 0.228 e. The van der Waals surface area contributed by atoms with Gasteiger partial charge in [0.15, 0.2) is 0 Å². The Balaban J connectivity index is 1.92. The molecule has 0 N–H and O–H groups in total. The van der Waals surface area contributed by atoms with Crippen LogP contribution in [-0.2, 0) is 9.59 Å². The van der Waals surface area contributed by atoms with Crippen LogP contribution in [0, 0.1) is 5.92 Å². The second kappa shape index (κ2) is 7.25. The molecule has 2 saturated heterocycles. The highest BCUT2D eigenvalue weighted by atomic mass is 16.2. The van der Waals surface area contributed by atoms with Crippen LogP contribution in [0.1, 0.15) is 39.0 Å². The van der Waals surface area contributed by atoms with Crippen molar-refractivity contribution < 1.29 is 9.59 Å². The van der Waals surface area contributed by atoms with Gasteiger partial charge in [-0.25, -0.2) is 0 Å². The molecule has 5 nitrogen and oxygen atoms in total. The summed E-state index contributed by atoms with van der Waals surface area (Å²) in [6.07, 6.45) is 4.87. The summed E-state index contributed by atoms with van der Waals surface area (Å²) in [5.74, 6) is 0.231. The Morgan fingerprint density at radius 1 is 1.33 bits per heavy atom. The molecule has 0 spiro atoms. The minimum absolute atomic E-state index is 0.119. The Labute approximate surface area is 128 Å². The number of hydrogen-bond acceptors (Lipinski definition) is 3. The first-order valence-corrected chi connectivity index (χ1v) is 8.26. The third-order valence-electron chi connectivity index (χ3n) is 4.76. The van der Waals surface area contributed by atoms with E-state index in [0.717, 1.165) is 38.9 Å². The molecule has 2 aliphatic heterocycles. The van der Waals surface area contributed by atoms with Crippen LogP contribution in [0.2, 0.25) is 0 Å². The van der Waals surface area contributed by atoms with Crippen LogP contribution in [0.15, 0.2) is 0 Å². The lowest BCUT2D eigenvalue weighted by Gasteiger charge is -2.36. The lowest BCUT2D eigenvalue weighted by atomic mass is 9.97. The Morgan fingerprint density at radius 3 is 2.76 bits per heavy atom. The summed E-state index contributed by atoms with van der Waals surface area (Å²) >= 11 is 0. The van der Waals surface area contributed by atoms with E-state index in [1.807, 2.05) is 19.0 Å². The van der Waals surface area contributed by atoms with Gasteiger partial charge in [0.1, 0.15) is 0 Å². The number of likely N-dealkylation sites (N-methyl/N-ethyl adjacent to an activating group) is 1. The van der Waals surface area contributed by atoms with Crippen LogP contribution in [0.4, 0.5) is 0 Å². The van der Waals surface area contributed by atoms with Gasteiger partial charge < -0.3 is 14.7 Å². The lowest BCUT2D eigenvalue weighted by molar-refractivity contribution is -0.139. The van der Waals surface area contributed by atoms with Crippen LogP contribution in [0.5, 0.6) is 0 Å². The van der Waals surface area contributed by atoms with Gasteiger partial charge in [0, 0.05) is 38.6 Å². The first-order chi connectivity index (χ1) is 10.0. The summed E-state index contributed by atoms with van der Waals surface area (Å²) < 4.78 is 0. The quantitative estimate of drug-likeness (QED) is 0.765. The van der Waals surface area contributed by atoms with E-state index in [0.29, 0.717) is 19.0 Å². The van der Waals surface area contributed by atoms with Crippen LogP contribution in [-0.4, -0.2) is 72.8 Å². The summed E-state index contributed by atoms with van der Waals surface area (Å²) in [4.78, 5) is 30.8. The molecule has 2 amide bonds. The summed E-state index contributed by atoms with van der Waals surface area (Å²) in [5.41, 5.74) is 0. The van der Waals surface area contributed by atoms with E-state index < -0.39 is 0 Å². The zero-order chi connectivity index (χ0) is 15.4. The fraction of sp³-hybridized carbons (Fsp3) is 0.875. The van der Waals surface area contributed by atoms with E-state index in [1.54, 1.807) is 0 Å². The van der Waals surface area contributed by atoms with Crippen molar-refractivity contribution in [3.8, 4) is 0 Å². The molecule has 0 saturated carbocycles. The maximum atomic E-state index is 12.7. The summed E-state index contributed by atoms with van der Waals surface area (Å²) in [6.45, 7) is 5.22. The number of carbonyl (C=O) groups excluding carboxylic acids is 2. The average molecular weight is 295 g/mol. The second-order valence-corrected chi connectivity index (χ2v) is 6.63. The zero-order valence-corrected chi connectivity index (χ0v) is 13.7. The van der Waals surface area contributed by atoms with Gasteiger partial charge >= 0.3 is 0 Å². The maximum Gasteiger partial charge on any atom is 0.228 e. The zero-order valence-electron chi connectivity index (χ0n) is 13.7. The normalized spacial score (nSPS) is 26.8. The summed E-state index contributed by atoms with van der Waals surface area (Å²) in [7, 11) is 4.01. The molecule has 0 radical (unpaired) electrons. The van der Waals surface area contributed by atoms with E-state index in [9.17, 15) is 9.59 Å². The average Bonchev–Trinajstić information content (AvgIpc) is 2.85. The molecular weight excluding hydrogens is 266 g/mol. The number of likely N-dealkylation sites (tertiary alicyclic amines) is 2. The fourth-order valence-corrected chi connectivity index (χ4v) is 3.42. The molecule has 0 bridgehead atoms. The monoisotopic (exact) mass is 295 g/mol. The fourth-order valence-electron chi connectivity index (χ4n) is 3.42. The third-order valence-corrected chi connectivity index (χ3v) is 4.76. The van der Waals surface area contributed by atoms with Gasteiger partial charge in [0.25, 0.3) is 0 Å². The van der Waals surface area contributed by atoms with Gasteiger partial charge in [0.2, 0.25) is 11.8 Å². The molecule has 120 valence electrons. The highest BCUT2D eigenvalue weighted by molar-refractivity contribution is 5.89. The Bertz CT molecular complexity index is 384. The number of carbonyl (C=O) groups is 2. The van der Waals surface area contributed by atoms with E-state index in [2.05, 4.69) is 16.7 Å². The van der Waals surface area contributed by atoms with Crippen molar-refractivity contribution in [2.45, 2.75) is 45.1 Å². The van der Waals surface area contributed by atoms with Crippen molar-refractivity contribution in [1.82, 2.24) is 14.7 Å². The van der Waals surface area contributed by atoms with Crippen LogP contribution >= 0.6 is 0 Å². The third kappa shape index (κ3) is 3.96. The Morgan fingerprint density at radius 2 is 2.10 bits per heavy atom. The molecular formula is C16H29N3O2. The number of piperidine rings is 1. The number of amides is 2. The van der Waals surface area contributed by atoms with E-state index in [1.165, 1.54) is 6.42 Å². The topological polar surface area (TPSA) is 43.9 Å². The van der Waals surface area contributed by atoms with Gasteiger partial charge in [0.05, 0.1) is 5.92 Å². The second-order valence-electron chi connectivity index (χ2n) is 6.63. The Hall–Kier alpha value is -1.10. The predicted molar refractivity (Wildman–Crippen MR) is 82.9 cm³/mol. The first-order valence-electron chi connectivity index (χ1n) is 8.26. The molecule has 21 heavy (non-hydrogen) atoms. The minimum atomic E-state index is -0.119. The first kappa shape index (κ1) is 16.3. The van der Waals surface area contributed by atoms with Gasteiger partial charge in [-0.05, 0) is 39.8 Å². The molecule has 5 heteroatoms. The molecule has 2 fully saturated rings. The molecule has 2 unspecified atom stereocenters. The van der Waals surface area contributed by atoms with Crippen LogP contribution in [0.25, 0.3) is 0 Å². The minimum Gasteiger partial charge on any atom is -0.341 e. The number of nitrogens with zero attached hydrogens (tertiary/aromatic N) is 3. The van der Waals surface area contributed by atoms with Crippen LogP contribution in [0.3, 0.4) is 0 Å². The van der Waals surface area contributed by atoms with E-state index in [4.69, 9.17) is 0 Å². The maximum absolute atomic E-state index is 12.7. The molecule has 2 aliphatic rings. The number of rotatable bonds is 5. The van der Waals surface area contributed by atoms with Crippen molar-refractivity contribution in [2.24, 2.45) is 5.92 Å². The van der Waals surface area contributed by atoms with Gasteiger partial charge in [-0.3, -0.25) is 9.59 Å². The lowest BCUT2D eigenvalue weighted by Crippen LogP contribution is -2.46. The van der Waals surface area contributed by atoms with Crippen molar-refractivity contribution in [3.05, 3.63) is 0 Å². The molecule has 0 aromatic rings. The van der Waals surface area contributed by atoms with Crippen molar-refractivity contribution >= 4 is 11.8 Å². The van der Waals surface area contributed by atoms with Gasteiger partial charge in [-0.2, -0.15) is 0 Å². The highest BCUT2D eigenvalue weighted by Crippen LogP contribution is 2.26. The van der Waals surface area contributed by atoms with E-state index >= 15 is 0 Å². The summed E-state index contributed by atoms with van der Waals surface area (Å²) in [5, 5.41) is 0. The van der Waals surface area contributed by atoms with Gasteiger partial charge in [-0.1, -0.05) is 6.92 Å². The van der Waals surface area contributed by atoms with Crippen molar-refractivity contribution in [1.29, 1.82) is 0 Å². The van der Waals surface area contributed by atoms with Crippen molar-refractivity contribution in [3.63, 3.8) is 0 Å².